The molecule has 0 aliphatic carbocycles. The van der Waals surface area contributed by atoms with Gasteiger partial charge in [-0.1, -0.05) is 18.2 Å². The quantitative estimate of drug-likeness (QED) is 0.330. The number of aryl methyl sites for hydroxylation is 1. The number of hydrogen-bond acceptors (Lipinski definition) is 8. The van der Waals surface area contributed by atoms with Crippen LogP contribution in [0, 0.1) is 11.7 Å². The third kappa shape index (κ3) is 5.08. The van der Waals surface area contributed by atoms with Crippen LogP contribution in [-0.2, 0) is 22.7 Å². The molecule has 1 amide bonds. The second-order valence-corrected chi connectivity index (χ2v) is 7.97. The zero-order valence-corrected chi connectivity index (χ0v) is 18.7. The highest BCUT2D eigenvalue weighted by molar-refractivity contribution is 7.71. The van der Waals surface area contributed by atoms with Crippen LogP contribution in [0.3, 0.4) is 0 Å². The van der Waals surface area contributed by atoms with E-state index in [1.165, 1.54) is 11.6 Å². The van der Waals surface area contributed by atoms with E-state index in [1.807, 2.05) is 31.2 Å². The number of ether oxygens (including phenoxy) is 2. The van der Waals surface area contributed by atoms with Crippen molar-refractivity contribution in [1.82, 2.24) is 19.7 Å². The van der Waals surface area contributed by atoms with Crippen molar-refractivity contribution in [1.29, 1.82) is 0 Å². The van der Waals surface area contributed by atoms with Crippen molar-refractivity contribution in [3.8, 4) is 5.75 Å². The number of carbonyl (C=O) groups is 1. The molecule has 0 bridgehead atoms. The van der Waals surface area contributed by atoms with E-state index in [4.69, 9.17) is 21.7 Å². The Bertz CT molecular complexity index is 1020. The lowest BCUT2D eigenvalue weighted by atomic mass is 9.96. The molecular formula is C21H28N4O6S. The average molecular weight is 465 g/mol. The minimum absolute atomic E-state index is 0.0973. The Morgan fingerprint density at radius 1 is 1.41 bits per heavy atom. The van der Waals surface area contributed by atoms with Crippen molar-refractivity contribution in [2.24, 2.45) is 0 Å². The van der Waals surface area contributed by atoms with E-state index < -0.39 is 43.1 Å². The lowest BCUT2D eigenvalue weighted by Crippen LogP contribution is -2.62. The highest BCUT2D eigenvalue weighted by Crippen LogP contribution is 2.29. The fourth-order valence-corrected chi connectivity index (χ4v) is 3.92. The third-order valence-electron chi connectivity index (χ3n) is 5.14. The van der Waals surface area contributed by atoms with E-state index in [0.29, 0.717) is 18.1 Å². The van der Waals surface area contributed by atoms with Crippen molar-refractivity contribution in [3.63, 3.8) is 0 Å². The maximum absolute atomic E-state index is 11.7. The number of hydrogen-bond donors (Lipinski definition) is 4. The number of carbonyl (C=O) groups excluding carboxylic acids is 1. The molecule has 11 heteroatoms. The molecule has 1 aliphatic heterocycles. The molecule has 0 spiro atoms. The van der Waals surface area contributed by atoms with E-state index in [2.05, 4.69) is 17.0 Å². The lowest BCUT2D eigenvalue weighted by molar-refractivity contribution is -0.219. The second-order valence-electron chi connectivity index (χ2n) is 7.60. The summed E-state index contributed by atoms with van der Waals surface area (Å²) in [6.07, 6.45) is -3.31. The van der Waals surface area contributed by atoms with Gasteiger partial charge in [0.25, 0.3) is 0 Å². The molecule has 1 aromatic heterocycles. The Morgan fingerprint density at radius 3 is 2.78 bits per heavy atom. The van der Waals surface area contributed by atoms with Crippen LogP contribution in [0.15, 0.2) is 36.9 Å². The number of amides is 1. The summed E-state index contributed by atoms with van der Waals surface area (Å²) < 4.78 is 14.9. The molecular weight excluding hydrogens is 436 g/mol. The molecule has 0 radical (unpaired) electrons. The second kappa shape index (κ2) is 10.4. The number of allylic oxidation sites excluding steroid dienone is 1. The SMILES string of the molecule is C=CCn1c(COc2cccc(C)c2)nn([C@@H]2O[C@H](CO)[C@@H](O)[C@H](O)[C@H]2NC(C)=O)c1=S. The molecule has 4 N–H and O–H groups in total. The van der Waals surface area contributed by atoms with Crippen LogP contribution in [-0.4, -0.2) is 66.5 Å². The number of aliphatic hydroxyl groups is 3. The van der Waals surface area contributed by atoms with E-state index in [1.54, 1.807) is 10.6 Å². The molecule has 1 aliphatic rings. The van der Waals surface area contributed by atoms with Gasteiger partial charge in [-0.3, -0.25) is 9.36 Å². The van der Waals surface area contributed by atoms with Gasteiger partial charge in [-0.05, 0) is 36.8 Å². The minimum Gasteiger partial charge on any atom is -0.486 e. The van der Waals surface area contributed by atoms with Gasteiger partial charge in [0, 0.05) is 13.5 Å². The number of benzene rings is 1. The summed E-state index contributed by atoms with van der Waals surface area (Å²) in [5.74, 6) is 0.708. The first-order valence-electron chi connectivity index (χ1n) is 10.1. The van der Waals surface area contributed by atoms with E-state index >= 15 is 0 Å². The number of aromatic nitrogens is 3. The maximum Gasteiger partial charge on any atom is 0.217 e. The van der Waals surface area contributed by atoms with Crippen molar-refractivity contribution in [3.05, 3.63) is 53.1 Å². The smallest absolute Gasteiger partial charge is 0.217 e. The molecule has 2 heterocycles. The Balaban J connectivity index is 1.97. The first-order chi connectivity index (χ1) is 15.3. The zero-order chi connectivity index (χ0) is 23.4. The van der Waals surface area contributed by atoms with Gasteiger partial charge in [-0.25, -0.2) is 4.68 Å². The van der Waals surface area contributed by atoms with Crippen LogP contribution in [0.2, 0.25) is 0 Å². The summed E-state index contributed by atoms with van der Waals surface area (Å²) in [7, 11) is 0. The molecule has 1 fully saturated rings. The van der Waals surface area contributed by atoms with Crippen molar-refractivity contribution in [2.45, 2.75) is 57.6 Å². The van der Waals surface area contributed by atoms with Crippen molar-refractivity contribution in [2.75, 3.05) is 6.61 Å². The standard InChI is InChI=1S/C21H28N4O6S/c1-4-8-24-16(11-30-14-7-5-6-12(2)9-14)23-25(21(24)32)20-17(22-13(3)27)19(29)18(28)15(10-26)31-20/h4-7,9,15,17-20,26,28-29H,1,8,10-11H2,2-3H3,(H,22,27)/t15-,17-,18-,19-,20-/m1/s1. The number of nitrogens with zero attached hydrogens (tertiary/aromatic N) is 3. The Kier molecular flexibility index (Phi) is 7.80. The molecule has 2 aromatic rings. The lowest BCUT2D eigenvalue weighted by Gasteiger charge is -2.42. The number of aliphatic hydroxyl groups excluding tert-OH is 3. The van der Waals surface area contributed by atoms with Gasteiger partial charge in [0.2, 0.25) is 10.7 Å². The summed E-state index contributed by atoms with van der Waals surface area (Å²) in [5, 5.41) is 37.5. The first kappa shape index (κ1) is 24.1. The molecule has 3 rings (SSSR count). The highest BCUT2D eigenvalue weighted by Gasteiger charge is 2.46. The van der Waals surface area contributed by atoms with Gasteiger partial charge >= 0.3 is 0 Å². The molecule has 1 saturated heterocycles. The molecule has 1 aromatic carbocycles. The largest absolute Gasteiger partial charge is 0.486 e. The summed E-state index contributed by atoms with van der Waals surface area (Å²) in [6.45, 7) is 6.90. The van der Waals surface area contributed by atoms with Crippen LogP contribution in [0.4, 0.5) is 0 Å². The van der Waals surface area contributed by atoms with E-state index in [0.717, 1.165) is 5.56 Å². The molecule has 32 heavy (non-hydrogen) atoms. The predicted molar refractivity (Wildman–Crippen MR) is 117 cm³/mol. The van der Waals surface area contributed by atoms with Crippen LogP contribution >= 0.6 is 12.2 Å². The highest BCUT2D eigenvalue weighted by atomic mass is 32.1. The van der Waals surface area contributed by atoms with Crippen LogP contribution in [0.1, 0.15) is 24.5 Å². The monoisotopic (exact) mass is 464 g/mol. The van der Waals surface area contributed by atoms with Crippen LogP contribution in [0.25, 0.3) is 0 Å². The van der Waals surface area contributed by atoms with Gasteiger partial charge in [0.1, 0.15) is 36.7 Å². The summed E-state index contributed by atoms with van der Waals surface area (Å²) in [4.78, 5) is 11.7. The van der Waals surface area contributed by atoms with Gasteiger partial charge in [-0.15, -0.1) is 6.58 Å². The van der Waals surface area contributed by atoms with Crippen molar-refractivity contribution >= 4 is 18.1 Å². The van der Waals surface area contributed by atoms with Gasteiger partial charge in [0.15, 0.2) is 12.1 Å². The molecule has 5 atom stereocenters. The van der Waals surface area contributed by atoms with Crippen molar-refractivity contribution < 1.29 is 29.6 Å². The van der Waals surface area contributed by atoms with Crippen LogP contribution in [0.5, 0.6) is 5.75 Å². The normalized spacial score (nSPS) is 25.3. The molecule has 174 valence electrons. The van der Waals surface area contributed by atoms with E-state index in [-0.39, 0.29) is 11.4 Å². The van der Waals surface area contributed by atoms with Crippen LogP contribution < -0.4 is 10.1 Å². The summed E-state index contributed by atoms with van der Waals surface area (Å²) in [6, 6.07) is 6.52. The van der Waals surface area contributed by atoms with E-state index in [9.17, 15) is 20.1 Å². The minimum atomic E-state index is -1.41. The molecule has 0 saturated carbocycles. The Hall–Kier alpha value is -2.57. The molecule has 10 nitrogen and oxygen atoms in total. The fraction of sp³-hybridized carbons (Fsp3) is 0.476. The predicted octanol–water partition coefficient (Wildman–Crippen LogP) is 0.604. The first-order valence-corrected chi connectivity index (χ1v) is 10.6. The third-order valence-corrected chi connectivity index (χ3v) is 5.55. The number of nitrogens with one attached hydrogen (secondary N) is 1. The summed E-state index contributed by atoms with van der Waals surface area (Å²) >= 11 is 5.58. The zero-order valence-electron chi connectivity index (χ0n) is 17.9. The fourth-order valence-electron chi connectivity index (χ4n) is 3.59. The number of rotatable bonds is 8. The molecule has 0 unspecified atom stereocenters. The average Bonchev–Trinajstić information content (AvgIpc) is 3.06. The Morgan fingerprint density at radius 2 is 2.16 bits per heavy atom. The topological polar surface area (TPSA) is 131 Å². The Labute approximate surface area is 190 Å². The summed E-state index contributed by atoms with van der Waals surface area (Å²) in [5.41, 5.74) is 1.05. The maximum atomic E-state index is 11.7. The van der Waals surface area contributed by atoms with Gasteiger partial charge in [0.05, 0.1) is 6.61 Å². The van der Waals surface area contributed by atoms with Gasteiger partial charge in [-0.2, -0.15) is 5.10 Å². The van der Waals surface area contributed by atoms with Gasteiger partial charge < -0.3 is 30.1 Å².